The fraction of sp³-hybridized carbons (Fsp3) is 0.333. The van der Waals surface area contributed by atoms with Gasteiger partial charge in [0.15, 0.2) is 0 Å². The Bertz CT molecular complexity index is 223. The van der Waals surface area contributed by atoms with Crippen LogP contribution in [0.1, 0.15) is 6.92 Å². The normalized spacial score (nSPS) is 14.6. The minimum Gasteiger partial charge on any atom is -0.628 e. The van der Waals surface area contributed by atoms with Gasteiger partial charge in [0, 0.05) is 0 Å². The summed E-state index contributed by atoms with van der Waals surface area (Å²) in [6.07, 6.45) is 0. The lowest BCUT2D eigenvalue weighted by atomic mass is 10.3. The summed E-state index contributed by atoms with van der Waals surface area (Å²) < 4.78 is -0.291. The van der Waals surface area contributed by atoms with Gasteiger partial charge in [-0.2, -0.15) is 0 Å². The highest BCUT2D eigenvalue weighted by Gasteiger charge is 2.08. The van der Waals surface area contributed by atoms with Crippen LogP contribution in [0.5, 0.6) is 0 Å². The summed E-state index contributed by atoms with van der Waals surface area (Å²) in [5, 5.41) is 11.6. The van der Waals surface area contributed by atoms with E-state index in [0.717, 1.165) is 5.69 Å². The van der Waals surface area contributed by atoms with E-state index in [1.807, 2.05) is 37.3 Å². The second-order valence-electron chi connectivity index (χ2n) is 2.75. The van der Waals surface area contributed by atoms with Crippen molar-refractivity contribution in [3.8, 4) is 0 Å². The van der Waals surface area contributed by atoms with Gasteiger partial charge in [-0.3, -0.25) is 0 Å². The molecule has 12 heavy (non-hydrogen) atoms. The van der Waals surface area contributed by atoms with E-state index in [-0.39, 0.29) is 17.1 Å². The van der Waals surface area contributed by atoms with E-state index in [1.54, 1.807) is 7.05 Å². The second kappa shape index (κ2) is 4.45. The van der Waals surface area contributed by atoms with Crippen LogP contribution in [0.15, 0.2) is 30.3 Å². The highest BCUT2D eigenvalue weighted by atomic mass is 35.5. The zero-order chi connectivity index (χ0) is 8.32. The summed E-state index contributed by atoms with van der Waals surface area (Å²) in [6.45, 7) is 2.46. The van der Waals surface area contributed by atoms with Gasteiger partial charge in [-0.05, 0) is 19.1 Å². The van der Waals surface area contributed by atoms with Gasteiger partial charge in [0.1, 0.15) is 5.69 Å². The Kier molecular flexibility index (Phi) is 4.24. The Labute approximate surface area is 79.4 Å². The minimum atomic E-state index is -0.291. The molecule has 1 aromatic rings. The molecule has 0 aliphatic carbocycles. The van der Waals surface area contributed by atoms with Crippen LogP contribution in [0.4, 0.5) is 5.69 Å². The predicted molar refractivity (Wildman–Crippen MR) is 55.3 cm³/mol. The maximum Gasteiger partial charge on any atom is 0.132 e. The molecular weight excluding hydrogens is 174 g/mol. The van der Waals surface area contributed by atoms with Crippen LogP contribution in [-0.4, -0.2) is 13.6 Å². The minimum absolute atomic E-state index is 0. The van der Waals surface area contributed by atoms with Crippen LogP contribution >= 0.6 is 12.4 Å². The van der Waals surface area contributed by atoms with Crippen molar-refractivity contribution in [3.63, 3.8) is 0 Å². The van der Waals surface area contributed by atoms with Crippen LogP contribution < -0.4 is 4.65 Å². The van der Waals surface area contributed by atoms with E-state index in [4.69, 9.17) is 0 Å². The lowest BCUT2D eigenvalue weighted by molar-refractivity contribution is 0.470. The van der Waals surface area contributed by atoms with Gasteiger partial charge in [-0.15, -0.1) is 12.4 Å². The number of benzene rings is 1. The maximum atomic E-state index is 11.6. The van der Waals surface area contributed by atoms with E-state index in [2.05, 4.69) is 0 Å². The largest absolute Gasteiger partial charge is 0.628 e. The molecule has 0 saturated heterocycles. The Morgan fingerprint density at radius 1 is 1.25 bits per heavy atom. The van der Waals surface area contributed by atoms with Crippen molar-refractivity contribution in [2.24, 2.45) is 0 Å². The first-order valence-corrected chi connectivity index (χ1v) is 3.79. The van der Waals surface area contributed by atoms with Crippen molar-refractivity contribution in [1.29, 1.82) is 0 Å². The van der Waals surface area contributed by atoms with Crippen LogP contribution in [0.2, 0.25) is 0 Å². The smallest absolute Gasteiger partial charge is 0.132 e. The first-order valence-electron chi connectivity index (χ1n) is 3.79. The zero-order valence-corrected chi connectivity index (χ0v) is 8.17. The first-order chi connectivity index (χ1) is 5.17. The van der Waals surface area contributed by atoms with Gasteiger partial charge in [0.25, 0.3) is 0 Å². The number of hydroxylamine groups is 2. The predicted octanol–water partition coefficient (Wildman–Crippen LogP) is 2.56. The van der Waals surface area contributed by atoms with E-state index in [0.29, 0.717) is 6.54 Å². The number of hydrogen-bond acceptors (Lipinski definition) is 1. The van der Waals surface area contributed by atoms with Crippen molar-refractivity contribution in [3.05, 3.63) is 35.5 Å². The average Bonchev–Trinajstić information content (AvgIpc) is 2.06. The average molecular weight is 188 g/mol. The van der Waals surface area contributed by atoms with Crippen LogP contribution in [0.25, 0.3) is 0 Å². The van der Waals surface area contributed by atoms with Gasteiger partial charge in [-0.25, -0.2) is 0 Å². The third-order valence-corrected chi connectivity index (χ3v) is 1.91. The summed E-state index contributed by atoms with van der Waals surface area (Å²) in [5.41, 5.74) is 0.815. The molecule has 1 aromatic carbocycles. The van der Waals surface area contributed by atoms with E-state index in [9.17, 15) is 5.21 Å². The molecule has 0 aliphatic rings. The van der Waals surface area contributed by atoms with Crippen molar-refractivity contribution < 1.29 is 0 Å². The Morgan fingerprint density at radius 3 is 2.17 bits per heavy atom. The molecule has 0 radical (unpaired) electrons. The second-order valence-corrected chi connectivity index (χ2v) is 2.75. The van der Waals surface area contributed by atoms with Crippen LogP contribution in [0.3, 0.4) is 0 Å². The standard InChI is InChI=1S/C9H13NO.ClH/c1-3-10(2,11)9-7-5-4-6-8-9;/h4-8H,3H2,1-2H3;1H. The Balaban J connectivity index is 0.00000121. The molecule has 1 rings (SSSR count). The lowest BCUT2D eigenvalue weighted by Gasteiger charge is -2.36. The first kappa shape index (κ1) is 11.4. The summed E-state index contributed by atoms with van der Waals surface area (Å²) in [7, 11) is 1.66. The number of quaternary nitrogens is 1. The van der Waals surface area contributed by atoms with Crippen molar-refractivity contribution in [2.75, 3.05) is 13.6 Å². The van der Waals surface area contributed by atoms with E-state index in [1.165, 1.54) is 0 Å². The van der Waals surface area contributed by atoms with Gasteiger partial charge >= 0.3 is 0 Å². The summed E-state index contributed by atoms with van der Waals surface area (Å²) in [6, 6.07) is 9.41. The van der Waals surface area contributed by atoms with E-state index >= 15 is 0 Å². The summed E-state index contributed by atoms with van der Waals surface area (Å²) in [5.74, 6) is 0. The number of nitrogens with zero attached hydrogens (tertiary/aromatic N) is 1. The third-order valence-electron chi connectivity index (χ3n) is 1.91. The molecule has 68 valence electrons. The number of para-hydroxylation sites is 1. The number of halogens is 1. The van der Waals surface area contributed by atoms with Gasteiger partial charge in [0.2, 0.25) is 0 Å². The molecular formula is C9H14ClNO. The fourth-order valence-corrected chi connectivity index (χ4v) is 0.926. The molecule has 1 atom stereocenters. The third kappa shape index (κ3) is 2.48. The van der Waals surface area contributed by atoms with Crippen molar-refractivity contribution in [1.82, 2.24) is 4.65 Å². The topological polar surface area (TPSA) is 23.1 Å². The van der Waals surface area contributed by atoms with E-state index < -0.39 is 0 Å². The van der Waals surface area contributed by atoms with Gasteiger partial charge < -0.3 is 9.85 Å². The molecule has 0 spiro atoms. The maximum absolute atomic E-state index is 11.6. The Hall–Kier alpha value is -0.570. The van der Waals surface area contributed by atoms with Gasteiger partial charge in [-0.1, -0.05) is 18.2 Å². The molecule has 0 saturated carbocycles. The van der Waals surface area contributed by atoms with Crippen LogP contribution in [-0.2, 0) is 0 Å². The number of rotatable bonds is 2. The molecule has 1 unspecified atom stereocenters. The van der Waals surface area contributed by atoms with Gasteiger partial charge in [0.05, 0.1) is 13.6 Å². The quantitative estimate of drug-likeness (QED) is 0.516. The Morgan fingerprint density at radius 2 is 1.75 bits per heavy atom. The zero-order valence-electron chi connectivity index (χ0n) is 7.36. The highest BCUT2D eigenvalue weighted by Crippen LogP contribution is 2.17. The molecule has 0 N–H and O–H groups in total. The molecule has 0 aromatic heterocycles. The highest BCUT2D eigenvalue weighted by molar-refractivity contribution is 5.85. The van der Waals surface area contributed by atoms with Crippen molar-refractivity contribution in [2.45, 2.75) is 6.92 Å². The molecule has 0 aliphatic heterocycles. The fourth-order valence-electron chi connectivity index (χ4n) is 0.926. The molecule has 0 bridgehead atoms. The van der Waals surface area contributed by atoms with Crippen molar-refractivity contribution >= 4 is 18.1 Å². The number of hydrogen-bond donors (Lipinski definition) is 0. The monoisotopic (exact) mass is 187 g/mol. The molecule has 3 heteroatoms. The summed E-state index contributed by atoms with van der Waals surface area (Å²) >= 11 is 0. The molecule has 0 fully saturated rings. The summed E-state index contributed by atoms with van der Waals surface area (Å²) in [4.78, 5) is 0. The van der Waals surface area contributed by atoms with Crippen LogP contribution in [0, 0.1) is 5.21 Å². The SMILES string of the molecule is CC[N+](C)([O-])c1ccccc1.Cl. The molecule has 2 nitrogen and oxygen atoms in total. The lowest BCUT2D eigenvalue weighted by Crippen LogP contribution is -2.37. The molecule has 0 heterocycles. The molecule has 0 amide bonds.